The van der Waals surface area contributed by atoms with E-state index in [1.807, 2.05) is 31.3 Å². The molecule has 2 aromatic rings. The molecule has 0 amide bonds. The topological polar surface area (TPSA) is 62.3 Å². The van der Waals surface area contributed by atoms with Gasteiger partial charge in [-0.3, -0.25) is 4.68 Å². The van der Waals surface area contributed by atoms with Crippen LogP contribution in [0.4, 0.5) is 5.82 Å². The van der Waals surface area contributed by atoms with Gasteiger partial charge in [0.2, 0.25) is 0 Å². The molecule has 0 fully saturated rings. The highest BCUT2D eigenvalue weighted by atomic mass is 16.5. The summed E-state index contributed by atoms with van der Waals surface area (Å²) in [4.78, 5) is 0. The third-order valence-corrected chi connectivity index (χ3v) is 3.11. The van der Waals surface area contributed by atoms with Crippen molar-refractivity contribution in [2.24, 2.45) is 7.05 Å². The van der Waals surface area contributed by atoms with Gasteiger partial charge in [0.05, 0.1) is 19.9 Å². The standard InChI is InChI=1S/C14H19N3O2/c1-17-14(15)8-11(16-17)6-4-10-5-7-12(18-2)9-13(10)19-3/h5,7-9H,4,6,15H2,1-3H3. The molecule has 0 aliphatic heterocycles. The molecule has 0 spiro atoms. The van der Waals surface area contributed by atoms with Crippen molar-refractivity contribution >= 4 is 5.82 Å². The summed E-state index contributed by atoms with van der Waals surface area (Å²) in [5, 5.41) is 4.34. The van der Waals surface area contributed by atoms with Crippen LogP contribution in [0.15, 0.2) is 24.3 Å². The van der Waals surface area contributed by atoms with Crippen molar-refractivity contribution in [3.8, 4) is 11.5 Å². The van der Waals surface area contributed by atoms with E-state index in [0.717, 1.165) is 35.6 Å². The van der Waals surface area contributed by atoms with Crippen molar-refractivity contribution < 1.29 is 9.47 Å². The van der Waals surface area contributed by atoms with Gasteiger partial charge in [-0.1, -0.05) is 6.07 Å². The van der Waals surface area contributed by atoms with E-state index in [-0.39, 0.29) is 0 Å². The van der Waals surface area contributed by atoms with Crippen LogP contribution in [0.3, 0.4) is 0 Å². The van der Waals surface area contributed by atoms with Gasteiger partial charge in [0.15, 0.2) is 0 Å². The van der Waals surface area contributed by atoms with E-state index in [4.69, 9.17) is 15.2 Å². The van der Waals surface area contributed by atoms with Gasteiger partial charge in [-0.25, -0.2) is 0 Å². The van der Waals surface area contributed by atoms with Crippen molar-refractivity contribution in [3.63, 3.8) is 0 Å². The van der Waals surface area contributed by atoms with E-state index in [1.165, 1.54) is 0 Å². The SMILES string of the molecule is COc1ccc(CCc2cc(N)n(C)n2)c(OC)c1. The van der Waals surface area contributed by atoms with Crippen LogP contribution in [0.5, 0.6) is 11.5 Å². The molecule has 1 aromatic heterocycles. The van der Waals surface area contributed by atoms with Crippen LogP contribution in [-0.4, -0.2) is 24.0 Å². The van der Waals surface area contributed by atoms with Gasteiger partial charge >= 0.3 is 0 Å². The Balaban J connectivity index is 2.10. The molecule has 2 N–H and O–H groups in total. The number of aromatic nitrogens is 2. The highest BCUT2D eigenvalue weighted by Gasteiger charge is 2.07. The maximum atomic E-state index is 5.76. The zero-order valence-corrected chi connectivity index (χ0v) is 11.5. The first-order chi connectivity index (χ1) is 9.13. The zero-order chi connectivity index (χ0) is 13.8. The van der Waals surface area contributed by atoms with E-state index in [2.05, 4.69) is 5.10 Å². The Hall–Kier alpha value is -2.17. The minimum atomic E-state index is 0.677. The fraction of sp³-hybridized carbons (Fsp3) is 0.357. The van der Waals surface area contributed by atoms with Gasteiger partial charge in [0.1, 0.15) is 17.3 Å². The summed E-state index contributed by atoms with van der Waals surface area (Å²) >= 11 is 0. The largest absolute Gasteiger partial charge is 0.497 e. The Labute approximate surface area is 112 Å². The summed E-state index contributed by atoms with van der Waals surface area (Å²) in [6.07, 6.45) is 1.68. The number of benzene rings is 1. The van der Waals surface area contributed by atoms with E-state index in [1.54, 1.807) is 18.9 Å². The van der Waals surface area contributed by atoms with E-state index >= 15 is 0 Å². The number of anilines is 1. The number of methoxy groups -OCH3 is 2. The Bertz CT molecular complexity index is 544. The van der Waals surface area contributed by atoms with Crippen molar-refractivity contribution in [3.05, 3.63) is 35.5 Å². The Kier molecular flexibility index (Phi) is 3.94. The average molecular weight is 261 g/mol. The molecule has 0 saturated heterocycles. The van der Waals surface area contributed by atoms with Crippen LogP contribution in [0.1, 0.15) is 11.3 Å². The number of ether oxygens (including phenoxy) is 2. The molecular weight excluding hydrogens is 242 g/mol. The van der Waals surface area contributed by atoms with Crippen LogP contribution < -0.4 is 15.2 Å². The molecule has 1 aromatic carbocycles. The smallest absolute Gasteiger partial charge is 0.125 e. The molecule has 0 aliphatic carbocycles. The molecule has 102 valence electrons. The maximum Gasteiger partial charge on any atom is 0.125 e. The second kappa shape index (κ2) is 5.65. The first-order valence-electron chi connectivity index (χ1n) is 6.13. The first-order valence-corrected chi connectivity index (χ1v) is 6.13. The van der Waals surface area contributed by atoms with Crippen molar-refractivity contribution in [1.29, 1.82) is 0 Å². The second-order valence-corrected chi connectivity index (χ2v) is 4.36. The van der Waals surface area contributed by atoms with Crippen LogP contribution in [-0.2, 0) is 19.9 Å². The summed E-state index contributed by atoms with van der Waals surface area (Å²) in [7, 11) is 5.15. The summed E-state index contributed by atoms with van der Waals surface area (Å²) < 4.78 is 12.2. The Morgan fingerprint density at radius 3 is 2.53 bits per heavy atom. The highest BCUT2D eigenvalue weighted by molar-refractivity contribution is 5.41. The summed E-state index contributed by atoms with van der Waals surface area (Å²) in [6.45, 7) is 0. The van der Waals surface area contributed by atoms with E-state index < -0.39 is 0 Å². The molecule has 0 saturated carbocycles. The molecule has 0 bridgehead atoms. The fourth-order valence-electron chi connectivity index (χ4n) is 1.99. The van der Waals surface area contributed by atoms with Gasteiger partial charge in [-0.15, -0.1) is 0 Å². The third-order valence-electron chi connectivity index (χ3n) is 3.11. The number of hydrogen-bond acceptors (Lipinski definition) is 4. The Morgan fingerprint density at radius 2 is 1.95 bits per heavy atom. The summed E-state index contributed by atoms with van der Waals surface area (Å²) in [5.74, 6) is 2.31. The van der Waals surface area contributed by atoms with Gasteiger partial charge in [0.25, 0.3) is 0 Å². The van der Waals surface area contributed by atoms with Crippen LogP contribution >= 0.6 is 0 Å². The van der Waals surface area contributed by atoms with Gasteiger partial charge in [-0.05, 0) is 24.5 Å². The second-order valence-electron chi connectivity index (χ2n) is 4.36. The minimum Gasteiger partial charge on any atom is -0.497 e. The monoisotopic (exact) mass is 261 g/mol. The third kappa shape index (κ3) is 2.99. The molecule has 5 nitrogen and oxygen atoms in total. The average Bonchev–Trinajstić information content (AvgIpc) is 2.75. The normalized spacial score (nSPS) is 10.5. The number of nitrogens with two attached hydrogens (primary N) is 1. The lowest BCUT2D eigenvalue weighted by molar-refractivity contribution is 0.391. The number of rotatable bonds is 5. The number of hydrogen-bond donors (Lipinski definition) is 1. The lowest BCUT2D eigenvalue weighted by atomic mass is 10.1. The number of aryl methyl sites for hydroxylation is 3. The summed E-state index contributed by atoms with van der Waals surface area (Å²) in [5.41, 5.74) is 7.88. The molecule has 5 heteroatoms. The van der Waals surface area contributed by atoms with Crippen molar-refractivity contribution in [2.75, 3.05) is 20.0 Å². The fourth-order valence-corrected chi connectivity index (χ4v) is 1.99. The molecule has 0 atom stereocenters. The van der Waals surface area contributed by atoms with Gasteiger partial charge in [0, 0.05) is 19.2 Å². The molecular formula is C14H19N3O2. The molecule has 0 radical (unpaired) electrons. The van der Waals surface area contributed by atoms with Crippen molar-refractivity contribution in [1.82, 2.24) is 9.78 Å². The van der Waals surface area contributed by atoms with Crippen molar-refractivity contribution in [2.45, 2.75) is 12.8 Å². The van der Waals surface area contributed by atoms with Crippen LogP contribution in [0.2, 0.25) is 0 Å². The van der Waals surface area contributed by atoms with Gasteiger partial charge < -0.3 is 15.2 Å². The predicted octanol–water partition coefficient (Wildman–Crippen LogP) is 1.80. The molecule has 0 aliphatic rings. The van der Waals surface area contributed by atoms with Gasteiger partial charge in [-0.2, -0.15) is 5.10 Å². The predicted molar refractivity (Wildman–Crippen MR) is 74.6 cm³/mol. The number of nitrogen functional groups attached to an aromatic ring is 1. The lowest BCUT2D eigenvalue weighted by Gasteiger charge is -2.09. The molecule has 19 heavy (non-hydrogen) atoms. The zero-order valence-electron chi connectivity index (χ0n) is 11.5. The molecule has 2 rings (SSSR count). The van der Waals surface area contributed by atoms with Crippen LogP contribution in [0, 0.1) is 0 Å². The Morgan fingerprint density at radius 1 is 1.16 bits per heavy atom. The lowest BCUT2D eigenvalue weighted by Crippen LogP contribution is -1.99. The quantitative estimate of drug-likeness (QED) is 0.891. The molecule has 1 heterocycles. The molecule has 0 unspecified atom stereocenters. The van der Waals surface area contributed by atoms with E-state index in [0.29, 0.717) is 5.82 Å². The maximum absolute atomic E-state index is 5.76. The first kappa shape index (κ1) is 13.3. The minimum absolute atomic E-state index is 0.677. The summed E-state index contributed by atoms with van der Waals surface area (Å²) in [6, 6.07) is 7.74. The van der Waals surface area contributed by atoms with Crippen LogP contribution in [0.25, 0.3) is 0 Å². The highest BCUT2D eigenvalue weighted by Crippen LogP contribution is 2.25. The number of nitrogens with zero attached hydrogens (tertiary/aromatic N) is 2. The van der Waals surface area contributed by atoms with E-state index in [9.17, 15) is 0 Å².